The van der Waals surface area contributed by atoms with Crippen molar-refractivity contribution in [2.75, 3.05) is 0 Å². The van der Waals surface area contributed by atoms with Gasteiger partial charge in [0, 0.05) is 18.1 Å². The Morgan fingerprint density at radius 2 is 2.11 bits per heavy atom. The number of alkyl halides is 3. The molecule has 3 nitrogen and oxygen atoms in total. The summed E-state index contributed by atoms with van der Waals surface area (Å²) in [6, 6.07) is 3.27. The molecule has 100 valence electrons. The highest BCUT2D eigenvalue weighted by atomic mass is 19.4. The fourth-order valence-corrected chi connectivity index (χ4v) is 1.80. The largest absolute Gasteiger partial charge is 0.416 e. The quantitative estimate of drug-likeness (QED) is 0.802. The number of aryl methyl sites for hydroxylation is 1. The van der Waals surface area contributed by atoms with Crippen molar-refractivity contribution in [1.29, 1.82) is 0 Å². The van der Waals surface area contributed by atoms with E-state index in [-0.39, 0.29) is 12.1 Å². The summed E-state index contributed by atoms with van der Waals surface area (Å²) in [6.07, 6.45) is -1.07. The van der Waals surface area contributed by atoms with Crippen LogP contribution in [0.5, 0.6) is 0 Å². The Labute approximate surface area is 107 Å². The Balaban J connectivity index is 2.67. The van der Waals surface area contributed by atoms with E-state index in [4.69, 9.17) is 0 Å². The molecule has 0 aliphatic rings. The molecule has 0 aliphatic carbocycles. The van der Waals surface area contributed by atoms with E-state index in [9.17, 15) is 18.0 Å². The van der Waals surface area contributed by atoms with Crippen molar-refractivity contribution < 1.29 is 13.2 Å². The number of allylic oxidation sites excluding steroid dienone is 1. The molecule has 2 rings (SSSR count). The van der Waals surface area contributed by atoms with Crippen LogP contribution in [-0.2, 0) is 12.7 Å². The lowest BCUT2D eigenvalue weighted by Crippen LogP contribution is -2.23. The van der Waals surface area contributed by atoms with Crippen LogP contribution in [-0.4, -0.2) is 9.55 Å². The van der Waals surface area contributed by atoms with Gasteiger partial charge < -0.3 is 0 Å². The third-order valence-electron chi connectivity index (χ3n) is 2.75. The normalized spacial score (nSPS) is 11.7. The molecule has 0 saturated carbocycles. The smallest absolute Gasteiger partial charge is 0.292 e. The zero-order chi connectivity index (χ0) is 14.0. The molecule has 19 heavy (non-hydrogen) atoms. The van der Waals surface area contributed by atoms with Gasteiger partial charge in [-0.05, 0) is 18.6 Å². The molecule has 0 saturated heterocycles. The van der Waals surface area contributed by atoms with Gasteiger partial charge in [-0.2, -0.15) is 13.2 Å². The molecule has 6 heteroatoms. The molecule has 0 spiro atoms. The predicted molar refractivity (Wildman–Crippen MR) is 65.8 cm³/mol. The van der Waals surface area contributed by atoms with Crippen LogP contribution in [0, 0.1) is 0 Å². The Hall–Kier alpha value is -2.11. The highest BCUT2D eigenvalue weighted by Crippen LogP contribution is 2.30. The topological polar surface area (TPSA) is 34.9 Å². The summed E-state index contributed by atoms with van der Waals surface area (Å²) in [5.74, 6) is 0. The van der Waals surface area contributed by atoms with Crippen molar-refractivity contribution in [3.63, 3.8) is 0 Å². The summed E-state index contributed by atoms with van der Waals surface area (Å²) >= 11 is 0. The zero-order valence-electron chi connectivity index (χ0n) is 9.94. The molecule has 0 amide bonds. The van der Waals surface area contributed by atoms with Crippen LogP contribution in [0.25, 0.3) is 10.9 Å². The van der Waals surface area contributed by atoms with Crippen LogP contribution < -0.4 is 5.69 Å². The Morgan fingerprint density at radius 3 is 2.74 bits per heavy atom. The summed E-state index contributed by atoms with van der Waals surface area (Å²) in [7, 11) is 0. The third kappa shape index (κ3) is 2.67. The second-order valence-electron chi connectivity index (χ2n) is 4.04. The van der Waals surface area contributed by atoms with Crippen LogP contribution in [0.15, 0.2) is 41.8 Å². The summed E-state index contributed by atoms with van der Waals surface area (Å²) in [6.45, 7) is 3.78. The maximum atomic E-state index is 12.7. The van der Waals surface area contributed by atoms with Crippen molar-refractivity contribution in [1.82, 2.24) is 9.55 Å². The van der Waals surface area contributed by atoms with Gasteiger partial charge in [0.1, 0.15) is 0 Å². The first-order valence-corrected chi connectivity index (χ1v) is 5.61. The van der Waals surface area contributed by atoms with Crippen molar-refractivity contribution in [3.05, 3.63) is 53.1 Å². The molecule has 0 atom stereocenters. The number of hydrogen-bond acceptors (Lipinski definition) is 2. The number of halogens is 3. The lowest BCUT2D eigenvalue weighted by molar-refractivity contribution is -0.137. The second kappa shape index (κ2) is 4.87. The SMILES string of the molecule is C=CCCn1c(=O)ncc2ccc(C(F)(F)F)cc21. The Bertz CT molecular complexity index is 674. The molecule has 0 unspecified atom stereocenters. The standard InChI is InChI=1S/C13H11F3N2O/c1-2-3-6-18-11-7-10(13(14,15)16)5-4-9(11)8-17-12(18)19/h2,4-5,7-8H,1,3,6H2. The lowest BCUT2D eigenvalue weighted by atomic mass is 10.1. The van der Waals surface area contributed by atoms with Crippen LogP contribution in [0.2, 0.25) is 0 Å². The number of fused-ring (bicyclic) bond motifs is 1. The number of nitrogens with zero attached hydrogens (tertiary/aromatic N) is 2. The summed E-state index contributed by atoms with van der Waals surface area (Å²) in [5.41, 5.74) is -1.11. The first kappa shape index (κ1) is 13.3. The Kier molecular flexibility index (Phi) is 3.42. The molecule has 0 bridgehead atoms. The van der Waals surface area contributed by atoms with E-state index in [1.807, 2.05) is 0 Å². The number of rotatable bonds is 3. The minimum Gasteiger partial charge on any atom is -0.292 e. The lowest BCUT2D eigenvalue weighted by Gasteiger charge is -2.11. The van der Waals surface area contributed by atoms with Gasteiger partial charge >= 0.3 is 11.9 Å². The van der Waals surface area contributed by atoms with Crippen molar-refractivity contribution in [2.45, 2.75) is 19.1 Å². The van der Waals surface area contributed by atoms with Crippen molar-refractivity contribution in [3.8, 4) is 0 Å². The second-order valence-corrected chi connectivity index (χ2v) is 4.04. The van der Waals surface area contributed by atoms with E-state index in [0.717, 1.165) is 12.1 Å². The molecule has 0 fully saturated rings. The van der Waals surface area contributed by atoms with Crippen LogP contribution >= 0.6 is 0 Å². The fourth-order valence-electron chi connectivity index (χ4n) is 1.80. The molecular weight excluding hydrogens is 257 g/mol. The van der Waals surface area contributed by atoms with Crippen LogP contribution in [0.4, 0.5) is 13.2 Å². The summed E-state index contributed by atoms with van der Waals surface area (Å²) in [5, 5.41) is 0.497. The molecule has 0 N–H and O–H groups in total. The number of hydrogen-bond donors (Lipinski definition) is 0. The van der Waals surface area contributed by atoms with Gasteiger partial charge in [-0.25, -0.2) is 9.78 Å². The highest BCUT2D eigenvalue weighted by molar-refractivity contribution is 5.78. The van der Waals surface area contributed by atoms with E-state index in [2.05, 4.69) is 11.6 Å². The van der Waals surface area contributed by atoms with Gasteiger partial charge in [0.2, 0.25) is 0 Å². The fraction of sp³-hybridized carbons (Fsp3) is 0.231. The van der Waals surface area contributed by atoms with Gasteiger partial charge in [-0.1, -0.05) is 12.1 Å². The molecule has 1 heterocycles. The van der Waals surface area contributed by atoms with Crippen molar-refractivity contribution >= 4 is 10.9 Å². The molecular formula is C13H11F3N2O. The van der Waals surface area contributed by atoms with Gasteiger partial charge in [-0.3, -0.25) is 4.57 Å². The Morgan fingerprint density at radius 1 is 1.37 bits per heavy atom. The first-order chi connectivity index (χ1) is 8.93. The highest BCUT2D eigenvalue weighted by Gasteiger charge is 2.30. The molecule has 1 aromatic carbocycles. The monoisotopic (exact) mass is 268 g/mol. The van der Waals surface area contributed by atoms with E-state index in [1.54, 1.807) is 6.08 Å². The number of aromatic nitrogens is 2. The van der Waals surface area contributed by atoms with Gasteiger partial charge in [0.25, 0.3) is 0 Å². The van der Waals surface area contributed by atoms with E-state index >= 15 is 0 Å². The minimum absolute atomic E-state index is 0.233. The molecule has 0 aliphatic heterocycles. The van der Waals surface area contributed by atoms with Crippen LogP contribution in [0.3, 0.4) is 0 Å². The van der Waals surface area contributed by atoms with E-state index in [1.165, 1.54) is 16.8 Å². The summed E-state index contributed by atoms with van der Waals surface area (Å²) in [4.78, 5) is 15.3. The predicted octanol–water partition coefficient (Wildman–Crippen LogP) is 2.99. The molecule has 0 radical (unpaired) electrons. The summed E-state index contributed by atoms with van der Waals surface area (Å²) < 4.78 is 39.3. The van der Waals surface area contributed by atoms with Crippen LogP contribution in [0.1, 0.15) is 12.0 Å². The van der Waals surface area contributed by atoms with Gasteiger partial charge in [0.15, 0.2) is 0 Å². The average molecular weight is 268 g/mol. The molecule has 2 aromatic rings. The maximum Gasteiger partial charge on any atom is 0.416 e. The van der Waals surface area contributed by atoms with Gasteiger partial charge in [-0.15, -0.1) is 6.58 Å². The van der Waals surface area contributed by atoms with Gasteiger partial charge in [0.05, 0.1) is 11.1 Å². The third-order valence-corrected chi connectivity index (χ3v) is 2.75. The van der Waals surface area contributed by atoms with E-state index < -0.39 is 17.4 Å². The average Bonchev–Trinajstić information content (AvgIpc) is 2.36. The number of benzene rings is 1. The van der Waals surface area contributed by atoms with Crippen molar-refractivity contribution in [2.24, 2.45) is 0 Å². The molecule has 1 aromatic heterocycles. The first-order valence-electron chi connectivity index (χ1n) is 5.61. The maximum absolute atomic E-state index is 12.7. The minimum atomic E-state index is -4.43. The zero-order valence-corrected chi connectivity index (χ0v) is 9.94. The van der Waals surface area contributed by atoms with E-state index in [0.29, 0.717) is 11.8 Å².